The predicted octanol–water partition coefficient (Wildman–Crippen LogP) is 3.16. The minimum atomic E-state index is -0.975. The van der Waals surface area contributed by atoms with Crippen molar-refractivity contribution in [1.82, 2.24) is 9.88 Å². The lowest BCUT2D eigenvalue weighted by molar-refractivity contribution is -0.150. The van der Waals surface area contributed by atoms with Gasteiger partial charge in [0, 0.05) is 42.2 Å². The summed E-state index contributed by atoms with van der Waals surface area (Å²) in [7, 11) is 0. The quantitative estimate of drug-likeness (QED) is 0.792. The average molecular weight is 368 g/mol. The lowest BCUT2D eigenvalue weighted by atomic mass is 9.87. The molecule has 0 bridgehead atoms. The molecule has 1 aliphatic rings. The Balaban J connectivity index is 1.79. The van der Waals surface area contributed by atoms with Gasteiger partial charge in [-0.2, -0.15) is 0 Å². The number of nitrogens with zero attached hydrogens (tertiary/aromatic N) is 2. The Morgan fingerprint density at radius 3 is 2.70 bits per heavy atom. The van der Waals surface area contributed by atoms with E-state index in [1.54, 1.807) is 24.5 Å². The molecule has 0 saturated carbocycles. The van der Waals surface area contributed by atoms with Gasteiger partial charge in [0.25, 0.3) is 0 Å². The number of carbonyl (C=O) groups is 3. The lowest BCUT2D eigenvalue weighted by Gasteiger charge is -2.28. The SMILES string of the molecule is CC(C)[C@H](CC(=O)c1ccc2ccncc2c1)C(=O)N1CCC[C@H]1C(=O)O. The first-order chi connectivity index (χ1) is 12.9. The molecule has 1 aromatic carbocycles. The fourth-order valence-corrected chi connectivity index (χ4v) is 3.68. The first-order valence-electron chi connectivity index (χ1n) is 9.28. The van der Waals surface area contributed by atoms with E-state index in [1.165, 1.54) is 4.90 Å². The Bertz CT molecular complexity index is 877. The molecule has 2 atom stereocenters. The zero-order valence-electron chi connectivity index (χ0n) is 15.6. The van der Waals surface area contributed by atoms with Crippen molar-refractivity contribution in [3.8, 4) is 0 Å². The fourth-order valence-electron chi connectivity index (χ4n) is 3.68. The number of hydrogen-bond donors (Lipinski definition) is 1. The molecule has 0 spiro atoms. The molecule has 2 aromatic rings. The van der Waals surface area contributed by atoms with Crippen LogP contribution in [0.15, 0.2) is 36.7 Å². The molecule has 6 heteroatoms. The minimum absolute atomic E-state index is 0.0568. The molecule has 0 unspecified atom stereocenters. The van der Waals surface area contributed by atoms with Gasteiger partial charge in [-0.1, -0.05) is 26.0 Å². The number of pyridine rings is 1. The minimum Gasteiger partial charge on any atom is -0.480 e. The highest BCUT2D eigenvalue weighted by Crippen LogP contribution is 2.27. The Morgan fingerprint density at radius 2 is 2.00 bits per heavy atom. The highest BCUT2D eigenvalue weighted by molar-refractivity contribution is 6.01. The Hall–Kier alpha value is -2.76. The molecular formula is C21H24N2O4. The number of fused-ring (bicyclic) bond motifs is 1. The van der Waals surface area contributed by atoms with Crippen LogP contribution in [0.3, 0.4) is 0 Å². The molecule has 3 rings (SSSR count). The van der Waals surface area contributed by atoms with Gasteiger partial charge < -0.3 is 10.0 Å². The van der Waals surface area contributed by atoms with Crippen molar-refractivity contribution in [2.45, 2.75) is 39.2 Å². The maximum Gasteiger partial charge on any atom is 0.326 e. The van der Waals surface area contributed by atoms with Crippen LogP contribution in [0.25, 0.3) is 10.8 Å². The summed E-state index contributed by atoms with van der Waals surface area (Å²) in [5, 5.41) is 11.2. The van der Waals surface area contributed by atoms with Crippen molar-refractivity contribution in [1.29, 1.82) is 0 Å². The smallest absolute Gasteiger partial charge is 0.326 e. The number of likely N-dealkylation sites (tertiary alicyclic amines) is 1. The fraction of sp³-hybridized carbons (Fsp3) is 0.429. The van der Waals surface area contributed by atoms with Crippen molar-refractivity contribution in [3.63, 3.8) is 0 Å². The average Bonchev–Trinajstić information content (AvgIpc) is 3.15. The highest BCUT2D eigenvalue weighted by atomic mass is 16.4. The van der Waals surface area contributed by atoms with Crippen molar-refractivity contribution in [2.75, 3.05) is 6.54 Å². The number of carboxylic acid groups (broad SMARTS) is 1. The van der Waals surface area contributed by atoms with Gasteiger partial charge in [0.15, 0.2) is 5.78 Å². The topological polar surface area (TPSA) is 87.6 Å². The van der Waals surface area contributed by atoms with Crippen LogP contribution in [-0.2, 0) is 9.59 Å². The maximum atomic E-state index is 13.0. The predicted molar refractivity (Wildman–Crippen MR) is 101 cm³/mol. The molecule has 0 aliphatic carbocycles. The van der Waals surface area contributed by atoms with Crippen molar-refractivity contribution in [3.05, 3.63) is 42.2 Å². The van der Waals surface area contributed by atoms with Gasteiger partial charge >= 0.3 is 5.97 Å². The first kappa shape index (κ1) is 19.0. The third kappa shape index (κ3) is 3.99. The van der Waals surface area contributed by atoms with Crippen LogP contribution in [-0.4, -0.2) is 45.2 Å². The van der Waals surface area contributed by atoms with Gasteiger partial charge in [0.1, 0.15) is 6.04 Å². The van der Waals surface area contributed by atoms with E-state index in [9.17, 15) is 19.5 Å². The van der Waals surface area contributed by atoms with Crippen molar-refractivity contribution >= 4 is 28.4 Å². The number of carbonyl (C=O) groups excluding carboxylic acids is 2. The normalized spacial score (nSPS) is 18.0. The zero-order chi connectivity index (χ0) is 19.6. The molecule has 142 valence electrons. The molecule has 1 aliphatic heterocycles. The number of ketones is 1. The monoisotopic (exact) mass is 368 g/mol. The number of hydrogen-bond acceptors (Lipinski definition) is 4. The number of rotatable bonds is 6. The number of benzene rings is 1. The molecule has 1 N–H and O–H groups in total. The van der Waals surface area contributed by atoms with E-state index in [2.05, 4.69) is 4.98 Å². The number of carboxylic acids is 1. The van der Waals surface area contributed by atoms with E-state index in [-0.39, 0.29) is 24.0 Å². The van der Waals surface area contributed by atoms with Gasteiger partial charge in [-0.25, -0.2) is 4.79 Å². The van der Waals surface area contributed by atoms with Crippen LogP contribution in [0.2, 0.25) is 0 Å². The van der Waals surface area contributed by atoms with E-state index >= 15 is 0 Å². The second kappa shape index (κ2) is 7.86. The molecule has 6 nitrogen and oxygen atoms in total. The van der Waals surface area contributed by atoms with Crippen LogP contribution < -0.4 is 0 Å². The second-order valence-corrected chi connectivity index (χ2v) is 7.44. The number of aliphatic carboxylic acids is 1. The van der Waals surface area contributed by atoms with Crippen LogP contribution in [0.4, 0.5) is 0 Å². The second-order valence-electron chi connectivity index (χ2n) is 7.44. The van der Waals surface area contributed by atoms with E-state index in [1.807, 2.05) is 26.0 Å². The number of Topliss-reactive ketones (excluding diaryl/α,β-unsaturated/α-hetero) is 1. The van der Waals surface area contributed by atoms with E-state index < -0.39 is 17.9 Å². The largest absolute Gasteiger partial charge is 0.480 e. The Labute approximate surface area is 158 Å². The summed E-state index contributed by atoms with van der Waals surface area (Å²) in [4.78, 5) is 42.7. The number of amides is 1. The lowest BCUT2D eigenvalue weighted by Crippen LogP contribution is -2.45. The van der Waals surface area contributed by atoms with Crippen LogP contribution >= 0.6 is 0 Å². The standard InChI is InChI=1S/C21H24N2O4/c1-13(2)17(20(25)23-9-3-4-18(23)21(26)27)11-19(24)15-6-5-14-7-8-22-12-16(14)10-15/h5-8,10,12-13,17-18H,3-4,9,11H2,1-2H3,(H,26,27)/t17-,18-/m0/s1. The summed E-state index contributed by atoms with van der Waals surface area (Å²) >= 11 is 0. The Kier molecular flexibility index (Phi) is 5.54. The van der Waals surface area contributed by atoms with E-state index in [4.69, 9.17) is 0 Å². The van der Waals surface area contributed by atoms with Crippen molar-refractivity contribution < 1.29 is 19.5 Å². The molecule has 1 fully saturated rings. The van der Waals surface area contributed by atoms with E-state index in [0.717, 1.165) is 10.8 Å². The van der Waals surface area contributed by atoms with Crippen LogP contribution in [0.5, 0.6) is 0 Å². The molecule has 2 heterocycles. The summed E-state index contributed by atoms with van der Waals surface area (Å²) in [5.74, 6) is -1.90. The highest BCUT2D eigenvalue weighted by Gasteiger charge is 2.38. The third-order valence-electron chi connectivity index (χ3n) is 5.31. The van der Waals surface area contributed by atoms with Crippen molar-refractivity contribution in [2.24, 2.45) is 11.8 Å². The molecule has 1 amide bonds. The van der Waals surface area contributed by atoms with Crippen LogP contribution in [0, 0.1) is 11.8 Å². The summed E-state index contributed by atoms with van der Waals surface area (Å²) in [6.07, 6.45) is 4.63. The molecule has 27 heavy (non-hydrogen) atoms. The summed E-state index contributed by atoms with van der Waals surface area (Å²) in [6, 6.07) is 6.53. The Morgan fingerprint density at radius 1 is 1.22 bits per heavy atom. The third-order valence-corrected chi connectivity index (χ3v) is 5.31. The summed E-state index contributed by atoms with van der Waals surface area (Å²) in [6.45, 7) is 4.23. The van der Waals surface area contributed by atoms with Gasteiger partial charge in [-0.15, -0.1) is 0 Å². The summed E-state index contributed by atoms with van der Waals surface area (Å²) in [5.41, 5.74) is 0.546. The van der Waals surface area contributed by atoms with Crippen LogP contribution in [0.1, 0.15) is 43.5 Å². The molecular weight excluding hydrogens is 344 g/mol. The molecule has 1 aromatic heterocycles. The van der Waals surface area contributed by atoms with Gasteiger partial charge in [0.05, 0.1) is 0 Å². The van der Waals surface area contributed by atoms with Gasteiger partial charge in [0.2, 0.25) is 5.91 Å². The van der Waals surface area contributed by atoms with E-state index in [0.29, 0.717) is 24.9 Å². The van der Waals surface area contributed by atoms with Gasteiger partial charge in [-0.05, 0) is 36.3 Å². The molecule has 1 saturated heterocycles. The zero-order valence-corrected chi connectivity index (χ0v) is 15.6. The van der Waals surface area contributed by atoms with Gasteiger partial charge in [-0.3, -0.25) is 14.6 Å². The first-order valence-corrected chi connectivity index (χ1v) is 9.28. The maximum absolute atomic E-state index is 13.0. The summed E-state index contributed by atoms with van der Waals surface area (Å²) < 4.78 is 0. The molecule has 0 radical (unpaired) electrons. The number of aromatic nitrogens is 1.